The number of sulfone groups is 1. The molecule has 1 saturated heterocycles. The first-order valence-electron chi connectivity index (χ1n) is 12.7. The molecule has 1 aliphatic heterocycles. The maximum atomic E-state index is 11.8. The van der Waals surface area contributed by atoms with E-state index in [-0.39, 0.29) is 0 Å². The summed E-state index contributed by atoms with van der Waals surface area (Å²) >= 11 is 0. The lowest BCUT2D eigenvalue weighted by Crippen LogP contribution is -2.37. The number of likely N-dealkylation sites (tertiary alicyclic amines) is 1. The molecule has 0 atom stereocenters. The molecule has 4 aromatic rings. The van der Waals surface area contributed by atoms with E-state index in [1.165, 1.54) is 37.8 Å². The van der Waals surface area contributed by atoms with Crippen molar-refractivity contribution in [2.24, 2.45) is 7.05 Å². The first kappa shape index (κ1) is 24.7. The number of rotatable bonds is 5. The van der Waals surface area contributed by atoms with Crippen molar-refractivity contribution >= 4 is 20.7 Å². The number of fused-ring (bicyclic) bond motifs is 1. The van der Waals surface area contributed by atoms with E-state index in [0.29, 0.717) is 16.9 Å². The van der Waals surface area contributed by atoms with Crippen LogP contribution in [-0.2, 0) is 16.9 Å². The second kappa shape index (κ2) is 9.49. The Morgan fingerprint density at radius 3 is 2.11 bits per heavy atom. The standard InChI is InChI=1S/C30H35N3O2S/c1-20(2)33-16-14-23(15-17-33)22-6-8-24(9-7-22)28-19-30-27(21(3)31-28)18-29(32(30)4)25-10-12-26(13-11-25)36(5,34)35/h6-13,18-20,23H,14-17H2,1-5H3. The molecule has 3 heterocycles. The fraction of sp³-hybridized carbons (Fsp3) is 0.367. The van der Waals surface area contributed by atoms with Crippen molar-refractivity contribution in [2.45, 2.75) is 50.5 Å². The van der Waals surface area contributed by atoms with Crippen LogP contribution in [0.5, 0.6) is 0 Å². The number of aryl methyl sites for hydroxylation is 2. The lowest BCUT2D eigenvalue weighted by molar-refractivity contribution is 0.172. The first-order chi connectivity index (χ1) is 17.1. The zero-order chi connectivity index (χ0) is 25.6. The van der Waals surface area contributed by atoms with Crippen molar-refractivity contribution in [3.05, 3.63) is 71.9 Å². The SMILES string of the molecule is Cc1nc(-c2ccc(C3CCN(C(C)C)CC3)cc2)cc2c1cc(-c1ccc(S(C)(=O)=O)cc1)n2C. The summed E-state index contributed by atoms with van der Waals surface area (Å²) in [6, 6.07) is 21.0. The van der Waals surface area contributed by atoms with Gasteiger partial charge < -0.3 is 9.47 Å². The molecule has 0 aliphatic carbocycles. The normalized spacial score (nSPS) is 15.7. The van der Waals surface area contributed by atoms with Crippen molar-refractivity contribution in [1.29, 1.82) is 0 Å². The van der Waals surface area contributed by atoms with E-state index in [9.17, 15) is 8.42 Å². The van der Waals surface area contributed by atoms with Gasteiger partial charge in [0.2, 0.25) is 0 Å². The minimum atomic E-state index is -3.21. The highest BCUT2D eigenvalue weighted by molar-refractivity contribution is 7.90. The molecule has 0 amide bonds. The second-order valence-electron chi connectivity index (χ2n) is 10.4. The van der Waals surface area contributed by atoms with Crippen LogP contribution in [0.4, 0.5) is 0 Å². The summed E-state index contributed by atoms with van der Waals surface area (Å²) < 4.78 is 25.8. The average Bonchev–Trinajstić information content (AvgIpc) is 3.20. The van der Waals surface area contributed by atoms with E-state index >= 15 is 0 Å². The van der Waals surface area contributed by atoms with Gasteiger partial charge in [-0.3, -0.25) is 4.98 Å². The van der Waals surface area contributed by atoms with Gasteiger partial charge in [0.1, 0.15) is 0 Å². The lowest BCUT2D eigenvalue weighted by Gasteiger charge is -2.34. The molecule has 188 valence electrons. The molecule has 2 aromatic heterocycles. The number of hydrogen-bond acceptors (Lipinski definition) is 4. The molecule has 0 spiro atoms. The minimum absolute atomic E-state index is 0.332. The van der Waals surface area contributed by atoms with Crippen LogP contribution in [0, 0.1) is 6.92 Å². The molecular formula is C30H35N3O2S. The Hall–Kier alpha value is -2.96. The highest BCUT2D eigenvalue weighted by atomic mass is 32.2. The third-order valence-corrected chi connectivity index (χ3v) is 8.88. The molecule has 1 aliphatic rings. The van der Waals surface area contributed by atoms with E-state index in [1.807, 2.05) is 12.1 Å². The zero-order valence-corrected chi connectivity index (χ0v) is 22.6. The second-order valence-corrected chi connectivity index (χ2v) is 12.5. The quantitative estimate of drug-likeness (QED) is 0.326. The van der Waals surface area contributed by atoms with Gasteiger partial charge >= 0.3 is 0 Å². The Bertz CT molecular complexity index is 1490. The maximum Gasteiger partial charge on any atom is 0.175 e. The Labute approximate surface area is 214 Å². The van der Waals surface area contributed by atoms with Gasteiger partial charge in [-0.1, -0.05) is 36.4 Å². The highest BCUT2D eigenvalue weighted by Crippen LogP contribution is 2.34. The van der Waals surface area contributed by atoms with Crippen LogP contribution in [0.1, 0.15) is 43.9 Å². The first-order valence-corrected chi connectivity index (χ1v) is 14.6. The summed E-state index contributed by atoms with van der Waals surface area (Å²) in [5, 5.41) is 1.11. The summed E-state index contributed by atoms with van der Waals surface area (Å²) in [4.78, 5) is 7.84. The van der Waals surface area contributed by atoms with E-state index < -0.39 is 9.84 Å². The molecule has 5 rings (SSSR count). The Kier molecular flexibility index (Phi) is 6.52. The van der Waals surface area contributed by atoms with E-state index in [0.717, 1.165) is 39.1 Å². The summed E-state index contributed by atoms with van der Waals surface area (Å²) in [7, 11) is -1.16. The monoisotopic (exact) mass is 501 g/mol. The molecule has 5 nitrogen and oxygen atoms in total. The van der Waals surface area contributed by atoms with Crippen LogP contribution < -0.4 is 0 Å². The third-order valence-electron chi connectivity index (χ3n) is 7.75. The molecule has 0 saturated carbocycles. The van der Waals surface area contributed by atoms with Gasteiger partial charge in [0.05, 0.1) is 16.1 Å². The van der Waals surface area contributed by atoms with Gasteiger partial charge in [-0.25, -0.2) is 8.42 Å². The van der Waals surface area contributed by atoms with Crippen molar-refractivity contribution in [3.8, 4) is 22.5 Å². The van der Waals surface area contributed by atoms with Crippen molar-refractivity contribution in [2.75, 3.05) is 19.3 Å². The average molecular weight is 502 g/mol. The van der Waals surface area contributed by atoms with Crippen LogP contribution in [0.3, 0.4) is 0 Å². The Morgan fingerprint density at radius 2 is 1.53 bits per heavy atom. The molecule has 0 N–H and O–H groups in total. The number of hydrogen-bond donors (Lipinski definition) is 0. The number of nitrogens with zero attached hydrogens (tertiary/aromatic N) is 3. The number of pyridine rings is 1. The largest absolute Gasteiger partial charge is 0.344 e. The van der Waals surface area contributed by atoms with Crippen LogP contribution >= 0.6 is 0 Å². The summed E-state index contributed by atoms with van der Waals surface area (Å²) in [5.41, 5.74) is 7.65. The molecule has 2 aromatic carbocycles. The summed E-state index contributed by atoms with van der Waals surface area (Å²) in [5.74, 6) is 0.635. The van der Waals surface area contributed by atoms with Gasteiger partial charge in [-0.2, -0.15) is 0 Å². The Balaban J connectivity index is 1.43. The predicted octanol–water partition coefficient (Wildman–Crippen LogP) is 6.21. The van der Waals surface area contributed by atoms with Crippen molar-refractivity contribution in [1.82, 2.24) is 14.5 Å². The fourth-order valence-electron chi connectivity index (χ4n) is 5.46. The molecule has 0 unspecified atom stereocenters. The zero-order valence-electron chi connectivity index (χ0n) is 21.8. The Morgan fingerprint density at radius 1 is 0.917 bits per heavy atom. The molecule has 6 heteroatoms. The van der Waals surface area contributed by atoms with Crippen molar-refractivity contribution < 1.29 is 8.42 Å². The van der Waals surface area contributed by atoms with Crippen molar-refractivity contribution in [3.63, 3.8) is 0 Å². The summed E-state index contributed by atoms with van der Waals surface area (Å²) in [6.45, 7) is 8.97. The topological polar surface area (TPSA) is 55.2 Å². The number of aromatic nitrogens is 2. The van der Waals surface area contributed by atoms with Gasteiger partial charge in [-0.05, 0) is 88.0 Å². The smallest absolute Gasteiger partial charge is 0.175 e. The lowest BCUT2D eigenvalue weighted by atomic mass is 9.88. The predicted molar refractivity (Wildman–Crippen MR) is 148 cm³/mol. The van der Waals surface area contributed by atoms with Crippen LogP contribution in [0.25, 0.3) is 33.4 Å². The number of piperidine rings is 1. The summed E-state index contributed by atoms with van der Waals surface area (Å²) in [6.07, 6.45) is 3.67. The molecule has 1 fully saturated rings. The fourth-order valence-corrected chi connectivity index (χ4v) is 6.09. The van der Waals surface area contributed by atoms with E-state index in [2.05, 4.69) is 73.7 Å². The third kappa shape index (κ3) is 4.72. The van der Waals surface area contributed by atoms with E-state index in [4.69, 9.17) is 4.98 Å². The minimum Gasteiger partial charge on any atom is -0.344 e. The van der Waals surface area contributed by atoms with Gasteiger partial charge in [-0.15, -0.1) is 0 Å². The molecule has 36 heavy (non-hydrogen) atoms. The van der Waals surface area contributed by atoms with Gasteiger partial charge in [0, 0.05) is 41.7 Å². The van der Waals surface area contributed by atoms with Gasteiger partial charge in [0.15, 0.2) is 9.84 Å². The van der Waals surface area contributed by atoms with Crippen LogP contribution in [-0.4, -0.2) is 48.3 Å². The highest BCUT2D eigenvalue weighted by Gasteiger charge is 2.22. The molecule has 0 bridgehead atoms. The molecule has 0 radical (unpaired) electrons. The van der Waals surface area contributed by atoms with Crippen LogP contribution in [0.2, 0.25) is 0 Å². The van der Waals surface area contributed by atoms with Gasteiger partial charge in [0.25, 0.3) is 0 Å². The maximum absolute atomic E-state index is 11.8. The number of benzene rings is 2. The van der Waals surface area contributed by atoms with Crippen LogP contribution in [0.15, 0.2) is 65.6 Å². The molecular weight excluding hydrogens is 466 g/mol. The van der Waals surface area contributed by atoms with E-state index in [1.54, 1.807) is 12.1 Å².